The molecule has 2 heterocycles. The Bertz CT molecular complexity index is 1060. The van der Waals surface area contributed by atoms with E-state index < -0.39 is 29.4 Å². The molecule has 1 aliphatic heterocycles. The number of benzene rings is 2. The third kappa shape index (κ3) is 3.99. The van der Waals surface area contributed by atoms with E-state index in [4.69, 9.17) is 0 Å². The number of halogens is 2. The lowest BCUT2D eigenvalue weighted by molar-refractivity contribution is -0.141. The molecule has 2 aromatic carbocycles. The first-order valence-electron chi connectivity index (χ1n) is 9.43. The molecule has 29 heavy (non-hydrogen) atoms. The van der Waals surface area contributed by atoms with Crippen LogP contribution in [0.2, 0.25) is 0 Å². The first-order chi connectivity index (χ1) is 13.9. The lowest BCUT2D eigenvalue weighted by Gasteiger charge is -2.17. The molecule has 150 valence electrons. The van der Waals surface area contributed by atoms with Gasteiger partial charge in [0.25, 0.3) is 0 Å². The van der Waals surface area contributed by atoms with Crippen molar-refractivity contribution in [2.45, 2.75) is 18.8 Å². The number of carbonyl (C=O) groups excluding carboxylic acids is 1. The summed E-state index contributed by atoms with van der Waals surface area (Å²) in [6, 6.07) is 10.9. The van der Waals surface area contributed by atoms with Crippen LogP contribution in [-0.4, -0.2) is 40.0 Å². The molecule has 2 atom stereocenters. The summed E-state index contributed by atoms with van der Waals surface area (Å²) in [6.45, 7) is 0.170. The molecule has 4 rings (SSSR count). The zero-order valence-corrected chi connectivity index (χ0v) is 15.6. The number of carboxylic acids is 1. The minimum Gasteiger partial charge on any atom is -0.481 e. The fourth-order valence-corrected chi connectivity index (χ4v) is 4.05. The number of H-pyrrole nitrogens is 1. The number of hydrogen-bond donors (Lipinski definition) is 2. The van der Waals surface area contributed by atoms with E-state index in [1.807, 2.05) is 30.5 Å². The first-order valence-corrected chi connectivity index (χ1v) is 9.43. The number of hydrogen-bond acceptors (Lipinski definition) is 2. The highest BCUT2D eigenvalue weighted by Gasteiger charge is 2.40. The maximum absolute atomic E-state index is 13.6. The molecule has 0 radical (unpaired) electrons. The van der Waals surface area contributed by atoms with Gasteiger partial charge in [0.2, 0.25) is 5.91 Å². The fourth-order valence-electron chi connectivity index (χ4n) is 4.05. The molecule has 1 saturated heterocycles. The van der Waals surface area contributed by atoms with E-state index in [1.54, 1.807) is 0 Å². The minimum absolute atomic E-state index is 0.0355. The molecule has 5 nitrogen and oxygen atoms in total. The van der Waals surface area contributed by atoms with Crippen LogP contribution in [-0.2, 0) is 16.0 Å². The third-order valence-electron chi connectivity index (χ3n) is 5.55. The molecule has 0 bridgehead atoms. The molecule has 0 saturated carbocycles. The maximum atomic E-state index is 13.6. The molecule has 1 aliphatic rings. The van der Waals surface area contributed by atoms with Crippen molar-refractivity contribution in [3.8, 4) is 0 Å². The molecular formula is C22H20F2N2O3. The lowest BCUT2D eigenvalue weighted by atomic mass is 9.89. The van der Waals surface area contributed by atoms with Gasteiger partial charge in [-0.15, -0.1) is 0 Å². The molecule has 0 spiro atoms. The normalized spacial score (nSPS) is 19.0. The smallest absolute Gasteiger partial charge is 0.308 e. The predicted molar refractivity (Wildman–Crippen MR) is 103 cm³/mol. The summed E-state index contributed by atoms with van der Waals surface area (Å²) in [7, 11) is 0. The van der Waals surface area contributed by atoms with Crippen LogP contribution in [0.5, 0.6) is 0 Å². The van der Waals surface area contributed by atoms with E-state index in [2.05, 4.69) is 4.98 Å². The number of aryl methyl sites for hydroxylation is 1. The zero-order chi connectivity index (χ0) is 20.5. The molecule has 0 unspecified atom stereocenters. The van der Waals surface area contributed by atoms with Crippen molar-refractivity contribution in [1.29, 1.82) is 0 Å². The largest absolute Gasteiger partial charge is 0.481 e. The van der Waals surface area contributed by atoms with Gasteiger partial charge >= 0.3 is 5.97 Å². The Balaban J connectivity index is 1.46. The van der Waals surface area contributed by atoms with Crippen molar-refractivity contribution in [3.05, 3.63) is 71.4 Å². The fraction of sp³-hybridized carbons (Fsp3) is 0.273. The summed E-state index contributed by atoms with van der Waals surface area (Å²) in [6.07, 6.45) is 2.63. The summed E-state index contributed by atoms with van der Waals surface area (Å²) in [5, 5.41) is 10.6. The standard InChI is InChI=1S/C22H20F2N2O3/c23-16-8-15(9-17(24)10-16)18-11-26(12-19(18)22(28)29)21(27)4-2-13-1-3-20-14(7-13)5-6-25-20/h1,3,5-10,18-19,25H,2,4,11-12H2,(H,28,29)/t18-,19+/m0/s1. The maximum Gasteiger partial charge on any atom is 0.308 e. The summed E-state index contributed by atoms with van der Waals surface area (Å²) in [4.78, 5) is 29.0. The van der Waals surface area contributed by atoms with Crippen LogP contribution < -0.4 is 0 Å². The van der Waals surface area contributed by atoms with Crippen molar-refractivity contribution >= 4 is 22.8 Å². The summed E-state index contributed by atoms with van der Waals surface area (Å²) < 4.78 is 27.2. The van der Waals surface area contributed by atoms with Gasteiger partial charge in [-0.1, -0.05) is 6.07 Å². The van der Waals surface area contributed by atoms with Gasteiger partial charge in [0.05, 0.1) is 5.92 Å². The number of nitrogens with one attached hydrogen (secondary N) is 1. The molecule has 0 aliphatic carbocycles. The van der Waals surface area contributed by atoms with Gasteiger partial charge in [0, 0.05) is 43.2 Å². The van der Waals surface area contributed by atoms with Crippen LogP contribution in [0.15, 0.2) is 48.7 Å². The number of amides is 1. The van der Waals surface area contributed by atoms with Gasteiger partial charge in [0.1, 0.15) is 11.6 Å². The second kappa shape index (κ2) is 7.66. The highest BCUT2D eigenvalue weighted by atomic mass is 19.1. The molecule has 1 aromatic heterocycles. The van der Waals surface area contributed by atoms with Crippen LogP contribution in [0.25, 0.3) is 10.9 Å². The highest BCUT2D eigenvalue weighted by molar-refractivity contribution is 5.81. The average molecular weight is 398 g/mol. The molecule has 1 fully saturated rings. The van der Waals surface area contributed by atoms with E-state index in [-0.39, 0.29) is 31.0 Å². The van der Waals surface area contributed by atoms with Crippen molar-refractivity contribution in [1.82, 2.24) is 9.88 Å². The third-order valence-corrected chi connectivity index (χ3v) is 5.55. The molecule has 1 amide bonds. The average Bonchev–Trinajstić information content (AvgIpc) is 3.32. The molecule has 7 heteroatoms. The van der Waals surface area contributed by atoms with Crippen molar-refractivity contribution in [2.24, 2.45) is 5.92 Å². The Morgan fingerprint density at radius 3 is 2.55 bits per heavy atom. The Morgan fingerprint density at radius 2 is 1.83 bits per heavy atom. The van der Waals surface area contributed by atoms with Crippen LogP contribution >= 0.6 is 0 Å². The Labute approximate surface area is 166 Å². The number of carbonyl (C=O) groups is 2. The number of carboxylic acid groups (broad SMARTS) is 1. The minimum atomic E-state index is -1.08. The number of aromatic nitrogens is 1. The van der Waals surface area contributed by atoms with E-state index in [9.17, 15) is 23.5 Å². The number of aromatic amines is 1. The van der Waals surface area contributed by atoms with Crippen LogP contribution in [0, 0.1) is 17.6 Å². The number of fused-ring (bicyclic) bond motifs is 1. The SMILES string of the molecule is O=C(O)[C@@H]1CN(C(=O)CCc2ccc3[nH]ccc3c2)C[C@H]1c1cc(F)cc(F)c1. The van der Waals surface area contributed by atoms with Gasteiger partial charge in [-0.2, -0.15) is 0 Å². The quantitative estimate of drug-likeness (QED) is 0.688. The zero-order valence-electron chi connectivity index (χ0n) is 15.6. The van der Waals surface area contributed by atoms with Gasteiger partial charge in [-0.05, 0) is 53.3 Å². The van der Waals surface area contributed by atoms with Gasteiger partial charge in [0.15, 0.2) is 0 Å². The number of rotatable bonds is 5. The highest BCUT2D eigenvalue weighted by Crippen LogP contribution is 2.34. The van der Waals surface area contributed by atoms with E-state index >= 15 is 0 Å². The van der Waals surface area contributed by atoms with Crippen LogP contribution in [0.3, 0.4) is 0 Å². The Hall–Kier alpha value is -3.22. The van der Waals surface area contributed by atoms with E-state index in [0.29, 0.717) is 6.42 Å². The summed E-state index contributed by atoms with van der Waals surface area (Å²) in [5.74, 6) is -4.28. The lowest BCUT2D eigenvalue weighted by Crippen LogP contribution is -2.30. The summed E-state index contributed by atoms with van der Waals surface area (Å²) in [5.41, 5.74) is 2.31. The van der Waals surface area contributed by atoms with Crippen molar-refractivity contribution < 1.29 is 23.5 Å². The van der Waals surface area contributed by atoms with Crippen LogP contribution in [0.4, 0.5) is 8.78 Å². The topological polar surface area (TPSA) is 73.4 Å². The predicted octanol–water partition coefficient (Wildman–Crippen LogP) is 3.71. The van der Waals surface area contributed by atoms with Gasteiger partial charge < -0.3 is 15.0 Å². The van der Waals surface area contributed by atoms with Gasteiger partial charge in [-0.25, -0.2) is 8.78 Å². The molecule has 3 aromatic rings. The monoisotopic (exact) mass is 398 g/mol. The number of likely N-dealkylation sites (tertiary alicyclic amines) is 1. The van der Waals surface area contributed by atoms with E-state index in [1.165, 1.54) is 4.90 Å². The number of nitrogens with zero attached hydrogens (tertiary/aromatic N) is 1. The molecule has 2 N–H and O–H groups in total. The number of aliphatic carboxylic acids is 1. The van der Waals surface area contributed by atoms with Gasteiger partial charge in [-0.3, -0.25) is 9.59 Å². The van der Waals surface area contributed by atoms with Crippen molar-refractivity contribution in [3.63, 3.8) is 0 Å². The van der Waals surface area contributed by atoms with E-state index in [0.717, 1.165) is 34.7 Å². The summed E-state index contributed by atoms with van der Waals surface area (Å²) >= 11 is 0. The van der Waals surface area contributed by atoms with Crippen molar-refractivity contribution in [2.75, 3.05) is 13.1 Å². The van der Waals surface area contributed by atoms with Crippen LogP contribution in [0.1, 0.15) is 23.5 Å². The first kappa shape index (κ1) is 19.1. The molecular weight excluding hydrogens is 378 g/mol. The Kier molecular flexibility index (Phi) is 5.05. The second-order valence-electron chi connectivity index (χ2n) is 7.45. The second-order valence-corrected chi connectivity index (χ2v) is 7.45. The Morgan fingerprint density at radius 1 is 1.07 bits per heavy atom.